The van der Waals surface area contributed by atoms with Gasteiger partial charge in [-0.15, -0.1) is 0 Å². The van der Waals surface area contributed by atoms with Crippen molar-refractivity contribution in [2.24, 2.45) is 0 Å². The molecule has 4 heteroatoms. The van der Waals surface area contributed by atoms with Crippen LogP contribution in [0.4, 0.5) is 0 Å². The van der Waals surface area contributed by atoms with Gasteiger partial charge in [-0.05, 0) is 17.7 Å². The molecule has 1 unspecified atom stereocenters. The number of carboxylic acid groups (broad SMARTS) is 1. The van der Waals surface area contributed by atoms with Gasteiger partial charge >= 0.3 is 5.97 Å². The number of carboxylic acids is 1. The molecule has 0 saturated carbocycles. The highest BCUT2D eigenvalue weighted by Gasteiger charge is 2.16. The van der Waals surface area contributed by atoms with Crippen molar-refractivity contribution in [1.82, 2.24) is 0 Å². The zero-order valence-corrected chi connectivity index (χ0v) is 8.89. The monoisotopic (exact) mass is 222 g/mol. The van der Waals surface area contributed by atoms with Gasteiger partial charge in [0.1, 0.15) is 11.9 Å². The molecule has 0 aromatic heterocycles. The molecule has 0 aliphatic carbocycles. The molecule has 0 amide bonds. The van der Waals surface area contributed by atoms with Gasteiger partial charge < -0.3 is 14.6 Å². The summed E-state index contributed by atoms with van der Waals surface area (Å²) in [5.74, 6) is -0.0532. The Hall–Kier alpha value is -1.55. The summed E-state index contributed by atoms with van der Waals surface area (Å²) >= 11 is 0. The average Bonchev–Trinajstić information content (AvgIpc) is 2.73. The lowest BCUT2D eigenvalue weighted by Gasteiger charge is -2.11. The summed E-state index contributed by atoms with van der Waals surface area (Å²) in [6, 6.07) is 7.16. The third kappa shape index (κ3) is 2.97. The Bertz CT molecular complexity index is 352. The van der Waals surface area contributed by atoms with E-state index in [1.807, 2.05) is 0 Å². The van der Waals surface area contributed by atoms with E-state index >= 15 is 0 Å². The van der Waals surface area contributed by atoms with E-state index in [9.17, 15) is 4.79 Å². The summed E-state index contributed by atoms with van der Waals surface area (Å²) < 4.78 is 10.9. The lowest BCUT2D eigenvalue weighted by atomic mass is 10.1. The second-order valence-corrected chi connectivity index (χ2v) is 3.82. The molecule has 1 aliphatic rings. The summed E-state index contributed by atoms with van der Waals surface area (Å²) in [7, 11) is 0. The van der Waals surface area contributed by atoms with Crippen LogP contribution in [0.15, 0.2) is 24.3 Å². The molecule has 1 saturated heterocycles. The van der Waals surface area contributed by atoms with Crippen LogP contribution in [0.25, 0.3) is 0 Å². The highest BCUT2D eigenvalue weighted by molar-refractivity contribution is 5.70. The number of hydrogen-bond donors (Lipinski definition) is 1. The first-order valence-electron chi connectivity index (χ1n) is 5.29. The minimum Gasteiger partial charge on any atom is -0.488 e. The van der Waals surface area contributed by atoms with E-state index in [0.29, 0.717) is 6.61 Å². The van der Waals surface area contributed by atoms with Crippen LogP contribution in [0.5, 0.6) is 5.75 Å². The molecule has 2 rings (SSSR count). The molecule has 0 radical (unpaired) electrons. The summed E-state index contributed by atoms with van der Waals surface area (Å²) in [6.45, 7) is 1.39. The number of aliphatic carboxylic acids is 1. The zero-order chi connectivity index (χ0) is 11.4. The molecule has 1 fully saturated rings. The molecule has 1 atom stereocenters. The second-order valence-electron chi connectivity index (χ2n) is 3.82. The fourth-order valence-electron chi connectivity index (χ4n) is 1.66. The third-order valence-electron chi connectivity index (χ3n) is 2.47. The number of carbonyl (C=O) groups is 1. The molecule has 1 aliphatic heterocycles. The van der Waals surface area contributed by atoms with Crippen LogP contribution in [0.3, 0.4) is 0 Å². The first kappa shape index (κ1) is 11.0. The van der Waals surface area contributed by atoms with Gasteiger partial charge in [0.2, 0.25) is 0 Å². The minimum atomic E-state index is -0.821. The first-order chi connectivity index (χ1) is 7.74. The molecular weight excluding hydrogens is 208 g/mol. The summed E-state index contributed by atoms with van der Waals surface area (Å²) in [5.41, 5.74) is 0.780. The predicted molar refractivity (Wildman–Crippen MR) is 57.6 cm³/mol. The molecule has 0 spiro atoms. The SMILES string of the molecule is O=C(O)Cc1ccc(OC2CCOC2)cc1. The number of hydrogen-bond acceptors (Lipinski definition) is 3. The van der Waals surface area contributed by atoms with Crippen LogP contribution in [-0.4, -0.2) is 30.4 Å². The highest BCUT2D eigenvalue weighted by Crippen LogP contribution is 2.17. The normalized spacial score (nSPS) is 19.6. The van der Waals surface area contributed by atoms with Crippen molar-refractivity contribution in [2.75, 3.05) is 13.2 Å². The molecule has 1 aromatic carbocycles. The van der Waals surface area contributed by atoms with E-state index in [1.54, 1.807) is 24.3 Å². The van der Waals surface area contributed by atoms with Crippen LogP contribution in [0.2, 0.25) is 0 Å². The number of ether oxygens (including phenoxy) is 2. The molecule has 86 valence electrons. The summed E-state index contributed by atoms with van der Waals surface area (Å²) in [5, 5.41) is 8.62. The quantitative estimate of drug-likeness (QED) is 0.838. The van der Waals surface area contributed by atoms with Crippen molar-refractivity contribution in [3.05, 3.63) is 29.8 Å². The summed E-state index contributed by atoms with van der Waals surface area (Å²) in [4.78, 5) is 10.5. The third-order valence-corrected chi connectivity index (χ3v) is 2.47. The average molecular weight is 222 g/mol. The van der Waals surface area contributed by atoms with Crippen molar-refractivity contribution in [2.45, 2.75) is 18.9 Å². The molecular formula is C12H14O4. The highest BCUT2D eigenvalue weighted by atomic mass is 16.5. The molecule has 1 aromatic rings. The van der Waals surface area contributed by atoms with E-state index in [1.165, 1.54) is 0 Å². The Morgan fingerprint density at radius 2 is 2.19 bits per heavy atom. The van der Waals surface area contributed by atoms with E-state index in [0.717, 1.165) is 24.3 Å². The Labute approximate surface area is 93.8 Å². The van der Waals surface area contributed by atoms with E-state index in [-0.39, 0.29) is 12.5 Å². The predicted octanol–water partition coefficient (Wildman–Crippen LogP) is 1.48. The van der Waals surface area contributed by atoms with Crippen molar-refractivity contribution >= 4 is 5.97 Å². The molecule has 0 bridgehead atoms. The van der Waals surface area contributed by atoms with Gasteiger partial charge in [-0.25, -0.2) is 0 Å². The van der Waals surface area contributed by atoms with Crippen LogP contribution >= 0.6 is 0 Å². The Morgan fingerprint density at radius 3 is 2.75 bits per heavy atom. The Kier molecular flexibility index (Phi) is 3.41. The maximum atomic E-state index is 10.5. The van der Waals surface area contributed by atoms with E-state index in [2.05, 4.69) is 0 Å². The standard InChI is InChI=1S/C12H14O4/c13-12(14)7-9-1-3-10(4-2-9)16-11-5-6-15-8-11/h1-4,11H,5-8H2,(H,13,14). The number of rotatable bonds is 4. The first-order valence-corrected chi connectivity index (χ1v) is 5.29. The van der Waals surface area contributed by atoms with Gasteiger partial charge in [0.05, 0.1) is 19.6 Å². The summed E-state index contributed by atoms with van der Waals surface area (Å²) in [6.07, 6.45) is 1.09. The maximum absolute atomic E-state index is 10.5. The van der Waals surface area contributed by atoms with Crippen molar-refractivity contribution in [3.8, 4) is 5.75 Å². The van der Waals surface area contributed by atoms with Crippen LogP contribution in [0, 0.1) is 0 Å². The van der Waals surface area contributed by atoms with Gasteiger partial charge in [-0.3, -0.25) is 4.79 Å². The van der Waals surface area contributed by atoms with Crippen LogP contribution in [0.1, 0.15) is 12.0 Å². The van der Waals surface area contributed by atoms with Gasteiger partial charge in [-0.1, -0.05) is 12.1 Å². The van der Waals surface area contributed by atoms with Crippen molar-refractivity contribution < 1.29 is 19.4 Å². The molecule has 1 N–H and O–H groups in total. The smallest absolute Gasteiger partial charge is 0.307 e. The number of benzene rings is 1. The largest absolute Gasteiger partial charge is 0.488 e. The second kappa shape index (κ2) is 4.99. The lowest BCUT2D eigenvalue weighted by Crippen LogP contribution is -2.15. The molecule has 4 nitrogen and oxygen atoms in total. The maximum Gasteiger partial charge on any atom is 0.307 e. The minimum absolute atomic E-state index is 0.0484. The van der Waals surface area contributed by atoms with Gasteiger partial charge in [-0.2, -0.15) is 0 Å². The van der Waals surface area contributed by atoms with Gasteiger partial charge in [0.15, 0.2) is 0 Å². The van der Waals surface area contributed by atoms with Crippen LogP contribution in [-0.2, 0) is 16.0 Å². The van der Waals surface area contributed by atoms with E-state index in [4.69, 9.17) is 14.6 Å². The van der Waals surface area contributed by atoms with Gasteiger partial charge in [0.25, 0.3) is 0 Å². The Morgan fingerprint density at radius 1 is 1.44 bits per heavy atom. The fraction of sp³-hybridized carbons (Fsp3) is 0.417. The molecule has 1 heterocycles. The lowest BCUT2D eigenvalue weighted by molar-refractivity contribution is -0.136. The van der Waals surface area contributed by atoms with Crippen LogP contribution < -0.4 is 4.74 Å². The van der Waals surface area contributed by atoms with Crippen molar-refractivity contribution in [1.29, 1.82) is 0 Å². The van der Waals surface area contributed by atoms with Gasteiger partial charge in [0, 0.05) is 6.42 Å². The zero-order valence-electron chi connectivity index (χ0n) is 8.89. The Balaban J connectivity index is 1.93. The topological polar surface area (TPSA) is 55.8 Å². The molecule has 16 heavy (non-hydrogen) atoms. The van der Waals surface area contributed by atoms with Crippen molar-refractivity contribution in [3.63, 3.8) is 0 Å². The fourth-order valence-corrected chi connectivity index (χ4v) is 1.66. The van der Waals surface area contributed by atoms with E-state index < -0.39 is 5.97 Å².